The van der Waals surface area contributed by atoms with Crippen molar-refractivity contribution < 1.29 is 9.25 Å². The Morgan fingerprint density at radius 1 is 0.969 bits per heavy atom. The first-order chi connectivity index (χ1) is 15.1. The average molecular weight is 441 g/mol. The van der Waals surface area contributed by atoms with Gasteiger partial charge in [0.1, 0.15) is 30.3 Å². The van der Waals surface area contributed by atoms with Crippen LogP contribution in [-0.2, 0) is 4.84 Å². The number of benzene rings is 2. The molecule has 5 heteroatoms. The summed E-state index contributed by atoms with van der Waals surface area (Å²) in [5.74, 6) is 3.94. The highest BCUT2D eigenvalue weighted by molar-refractivity contribution is 6.83. The predicted octanol–water partition coefficient (Wildman–Crippen LogP) is 6.51. The van der Waals surface area contributed by atoms with Crippen molar-refractivity contribution in [3.05, 3.63) is 71.7 Å². The van der Waals surface area contributed by atoms with Gasteiger partial charge in [-0.3, -0.25) is 4.98 Å². The lowest BCUT2D eigenvalue weighted by atomic mass is 10.1. The van der Waals surface area contributed by atoms with Gasteiger partial charge in [-0.05, 0) is 50.4 Å². The molecule has 0 radical (unpaired) electrons. The maximum Gasteiger partial charge on any atom is 0.155 e. The van der Waals surface area contributed by atoms with Crippen LogP contribution in [0, 0.1) is 11.5 Å². The van der Waals surface area contributed by atoms with E-state index in [1.54, 1.807) is 0 Å². The first kappa shape index (κ1) is 21.9. The summed E-state index contributed by atoms with van der Waals surface area (Å²) >= 11 is 0. The summed E-state index contributed by atoms with van der Waals surface area (Å²) in [6.45, 7) is 12.6. The van der Waals surface area contributed by atoms with Gasteiger partial charge in [0.25, 0.3) is 0 Å². The summed E-state index contributed by atoms with van der Waals surface area (Å²) in [6.07, 6.45) is 1.86. The van der Waals surface area contributed by atoms with Crippen LogP contribution in [0.2, 0.25) is 19.6 Å². The van der Waals surface area contributed by atoms with E-state index in [2.05, 4.69) is 47.3 Å². The third kappa shape index (κ3) is 5.27. The molecular formula is C27H28N2O2Si. The molecular weight excluding hydrogens is 412 g/mol. The Morgan fingerprint density at radius 2 is 1.72 bits per heavy atom. The van der Waals surface area contributed by atoms with Crippen molar-refractivity contribution in [2.75, 3.05) is 0 Å². The number of hydrogen-bond donors (Lipinski definition) is 0. The lowest BCUT2D eigenvalue weighted by molar-refractivity contribution is -0.00585. The van der Waals surface area contributed by atoms with E-state index < -0.39 is 13.7 Å². The van der Waals surface area contributed by atoms with E-state index in [1.165, 1.54) is 0 Å². The van der Waals surface area contributed by atoms with Crippen molar-refractivity contribution in [2.24, 2.45) is 5.16 Å². The first-order valence-corrected chi connectivity index (χ1v) is 14.3. The van der Waals surface area contributed by atoms with Crippen LogP contribution in [0.3, 0.4) is 0 Å². The van der Waals surface area contributed by atoms with Gasteiger partial charge in [-0.25, -0.2) is 0 Å². The molecule has 0 fully saturated rings. The molecule has 0 saturated carbocycles. The molecule has 0 unspecified atom stereocenters. The molecule has 0 aliphatic carbocycles. The monoisotopic (exact) mass is 440 g/mol. The molecule has 0 atom stereocenters. The Bertz CT molecular complexity index is 1430. The summed E-state index contributed by atoms with van der Waals surface area (Å²) in [5, 5.41) is 8.22. The van der Waals surface area contributed by atoms with Crippen LogP contribution in [0.4, 0.5) is 0 Å². The van der Waals surface area contributed by atoms with Gasteiger partial charge < -0.3 is 9.25 Å². The predicted molar refractivity (Wildman–Crippen MR) is 134 cm³/mol. The standard InChI is InChI=1S/C27H28N2O2Si/c1-27(2,3)31-29-23-17-26(24-16-20-9-7-8-10-21(20)18-28-24)30-25-15-19(11-12-22(23)25)13-14-32(4,5)6/h7-12,15-18H,1-6H3. The van der Waals surface area contributed by atoms with Crippen LogP contribution >= 0.6 is 0 Å². The molecule has 0 bridgehead atoms. The number of fused-ring (bicyclic) bond motifs is 2. The summed E-state index contributed by atoms with van der Waals surface area (Å²) in [4.78, 5) is 10.4. The Kier molecular flexibility index (Phi) is 5.66. The van der Waals surface area contributed by atoms with Gasteiger partial charge in [0.05, 0.1) is 0 Å². The summed E-state index contributed by atoms with van der Waals surface area (Å²) in [5.41, 5.74) is 5.39. The summed E-state index contributed by atoms with van der Waals surface area (Å²) in [7, 11) is -1.48. The lowest BCUT2D eigenvalue weighted by Crippen LogP contribution is -2.18. The third-order valence-corrected chi connectivity index (χ3v) is 5.50. The minimum Gasteiger partial charge on any atom is -0.454 e. The second-order valence-corrected chi connectivity index (χ2v) is 14.7. The zero-order valence-corrected chi connectivity index (χ0v) is 20.5. The van der Waals surface area contributed by atoms with E-state index >= 15 is 0 Å². The quantitative estimate of drug-likeness (QED) is 0.203. The van der Waals surface area contributed by atoms with Crippen LogP contribution in [0.5, 0.6) is 0 Å². The number of pyridine rings is 1. The minimum atomic E-state index is -1.48. The van der Waals surface area contributed by atoms with Crippen LogP contribution in [0.1, 0.15) is 26.3 Å². The summed E-state index contributed by atoms with van der Waals surface area (Å²) < 4.78 is 6.31. The molecule has 4 aromatic rings. The van der Waals surface area contributed by atoms with Crippen molar-refractivity contribution in [1.82, 2.24) is 4.98 Å². The van der Waals surface area contributed by atoms with Crippen molar-refractivity contribution >= 4 is 29.8 Å². The average Bonchev–Trinajstić information content (AvgIpc) is 2.74. The van der Waals surface area contributed by atoms with Crippen LogP contribution in [0.25, 0.3) is 33.2 Å². The van der Waals surface area contributed by atoms with Gasteiger partial charge in [-0.1, -0.05) is 55.0 Å². The summed E-state index contributed by atoms with van der Waals surface area (Å²) in [6, 6.07) is 18.0. The molecule has 2 aromatic heterocycles. The van der Waals surface area contributed by atoms with E-state index in [1.807, 2.05) is 75.5 Å². The first-order valence-electron chi connectivity index (χ1n) is 10.8. The zero-order chi connectivity index (χ0) is 22.9. The fraction of sp³-hybridized carbons (Fsp3) is 0.259. The largest absolute Gasteiger partial charge is 0.454 e. The van der Waals surface area contributed by atoms with Gasteiger partial charge in [0, 0.05) is 28.6 Å². The van der Waals surface area contributed by atoms with E-state index in [-0.39, 0.29) is 0 Å². The molecule has 0 N–H and O–H groups in total. The lowest BCUT2D eigenvalue weighted by Gasteiger charge is -2.15. The molecule has 162 valence electrons. The van der Waals surface area contributed by atoms with Gasteiger partial charge in [0.2, 0.25) is 0 Å². The van der Waals surface area contributed by atoms with E-state index in [0.717, 1.165) is 27.4 Å². The van der Waals surface area contributed by atoms with Crippen molar-refractivity contribution in [3.8, 4) is 22.9 Å². The Labute approximate surface area is 190 Å². The maximum atomic E-state index is 6.31. The number of rotatable bonds is 2. The molecule has 0 saturated heterocycles. The number of nitrogens with zero attached hydrogens (tertiary/aromatic N) is 2. The molecule has 0 aliphatic heterocycles. The Balaban J connectivity index is 1.92. The maximum absolute atomic E-state index is 6.31. The second-order valence-electron chi connectivity index (χ2n) is 9.92. The van der Waals surface area contributed by atoms with Crippen LogP contribution < -0.4 is 5.36 Å². The molecule has 4 nitrogen and oxygen atoms in total. The number of aromatic nitrogens is 1. The van der Waals surface area contributed by atoms with Crippen LogP contribution in [0.15, 0.2) is 70.4 Å². The highest BCUT2D eigenvalue weighted by Gasteiger charge is 2.13. The number of hydrogen-bond acceptors (Lipinski definition) is 4. The van der Waals surface area contributed by atoms with Crippen molar-refractivity contribution in [3.63, 3.8) is 0 Å². The molecule has 2 aromatic carbocycles. The second kappa shape index (κ2) is 8.29. The van der Waals surface area contributed by atoms with E-state index in [0.29, 0.717) is 16.7 Å². The van der Waals surface area contributed by atoms with Crippen LogP contribution in [-0.4, -0.2) is 18.7 Å². The van der Waals surface area contributed by atoms with E-state index in [9.17, 15) is 0 Å². The van der Waals surface area contributed by atoms with Gasteiger partial charge in [-0.2, -0.15) is 0 Å². The topological polar surface area (TPSA) is 47.6 Å². The molecule has 0 amide bonds. The van der Waals surface area contributed by atoms with Gasteiger partial charge in [0.15, 0.2) is 5.76 Å². The highest BCUT2D eigenvalue weighted by atomic mass is 28.3. The fourth-order valence-electron chi connectivity index (χ4n) is 3.11. The molecule has 2 heterocycles. The molecule has 0 spiro atoms. The highest BCUT2D eigenvalue weighted by Crippen LogP contribution is 2.24. The smallest absolute Gasteiger partial charge is 0.155 e. The fourth-order valence-corrected chi connectivity index (χ4v) is 3.63. The van der Waals surface area contributed by atoms with Crippen molar-refractivity contribution in [2.45, 2.75) is 46.0 Å². The SMILES string of the molecule is CC(C)(C)ON=c1cc(-c2cc3ccccc3cn2)oc2cc(C#C[Si](C)(C)C)ccc12. The zero-order valence-electron chi connectivity index (χ0n) is 19.5. The van der Waals surface area contributed by atoms with E-state index in [4.69, 9.17) is 9.25 Å². The Hall–Kier alpha value is -3.36. The van der Waals surface area contributed by atoms with Crippen molar-refractivity contribution in [1.29, 1.82) is 0 Å². The van der Waals surface area contributed by atoms with Gasteiger partial charge in [-0.15, -0.1) is 5.54 Å². The normalized spacial score (nSPS) is 12.6. The van der Waals surface area contributed by atoms with Gasteiger partial charge >= 0.3 is 0 Å². The third-order valence-electron chi connectivity index (χ3n) is 4.63. The minimum absolute atomic E-state index is 0.399. The molecule has 4 rings (SSSR count). The molecule has 0 aliphatic rings. The molecule has 32 heavy (non-hydrogen) atoms. The Morgan fingerprint density at radius 3 is 2.44 bits per heavy atom.